The fourth-order valence-corrected chi connectivity index (χ4v) is 1.59. The minimum atomic E-state index is -0.446. The molecule has 1 rings (SSSR count). The van der Waals surface area contributed by atoms with Gasteiger partial charge in [0.25, 0.3) is 0 Å². The average molecular weight is 194 g/mol. The van der Waals surface area contributed by atoms with Crippen LogP contribution < -0.4 is 5.32 Å². The van der Waals surface area contributed by atoms with Crippen molar-refractivity contribution in [2.24, 2.45) is 5.41 Å². The van der Waals surface area contributed by atoms with Gasteiger partial charge in [-0.05, 0) is 31.3 Å². The molecule has 1 aliphatic heterocycles. The Bertz CT molecular complexity index is 136. The third kappa shape index (κ3) is 2.35. The van der Waals surface area contributed by atoms with Gasteiger partial charge < -0.3 is 10.4 Å². The van der Waals surface area contributed by atoms with Gasteiger partial charge in [-0.1, -0.05) is 20.8 Å². The van der Waals surface area contributed by atoms with Crippen LogP contribution in [-0.2, 0) is 0 Å². The molecule has 1 heterocycles. The Labute approximate surface area is 81.2 Å². The molecule has 0 aromatic carbocycles. The Morgan fingerprint density at radius 1 is 1.17 bits per heavy atom. The fraction of sp³-hybridized carbons (Fsp3) is 1.00. The monoisotopic (exact) mass is 193 g/mol. The van der Waals surface area contributed by atoms with E-state index in [2.05, 4.69) is 26.1 Å². The number of halogens is 1. The topological polar surface area (TPSA) is 32.3 Å². The van der Waals surface area contributed by atoms with Crippen molar-refractivity contribution >= 4 is 12.4 Å². The zero-order valence-corrected chi connectivity index (χ0v) is 9.00. The zero-order chi connectivity index (χ0) is 8.54. The standard InChI is InChI=1S/C9H19NO.ClH/c1-8(2,3)9(11)4-6-10-7-5-9;/h10-11H,4-7H2,1-3H3;1H. The Morgan fingerprint density at radius 3 is 1.83 bits per heavy atom. The summed E-state index contributed by atoms with van der Waals surface area (Å²) in [7, 11) is 0. The highest BCUT2D eigenvalue weighted by Crippen LogP contribution is 2.36. The lowest BCUT2D eigenvalue weighted by molar-refractivity contribution is -0.0793. The summed E-state index contributed by atoms with van der Waals surface area (Å²) >= 11 is 0. The molecule has 0 radical (unpaired) electrons. The molecule has 0 aromatic heterocycles. The van der Waals surface area contributed by atoms with Crippen molar-refractivity contribution in [2.75, 3.05) is 13.1 Å². The second-order valence-electron chi connectivity index (χ2n) is 4.53. The minimum Gasteiger partial charge on any atom is -0.389 e. The van der Waals surface area contributed by atoms with E-state index in [0.29, 0.717) is 0 Å². The Morgan fingerprint density at radius 2 is 1.58 bits per heavy atom. The molecule has 2 N–H and O–H groups in total. The molecule has 0 unspecified atom stereocenters. The normalized spacial score (nSPS) is 23.0. The highest BCUT2D eigenvalue weighted by atomic mass is 35.5. The first-order valence-electron chi connectivity index (χ1n) is 4.39. The third-order valence-corrected chi connectivity index (χ3v) is 2.83. The van der Waals surface area contributed by atoms with Crippen LogP contribution in [0.2, 0.25) is 0 Å². The van der Waals surface area contributed by atoms with Crippen molar-refractivity contribution in [1.82, 2.24) is 5.32 Å². The summed E-state index contributed by atoms with van der Waals surface area (Å²) in [4.78, 5) is 0. The van der Waals surface area contributed by atoms with E-state index in [1.54, 1.807) is 0 Å². The van der Waals surface area contributed by atoms with Gasteiger partial charge in [0.1, 0.15) is 0 Å². The molecule has 0 bridgehead atoms. The molecule has 1 saturated heterocycles. The highest BCUT2D eigenvalue weighted by Gasteiger charge is 2.40. The molecule has 0 spiro atoms. The van der Waals surface area contributed by atoms with Crippen molar-refractivity contribution < 1.29 is 5.11 Å². The minimum absolute atomic E-state index is 0. The highest BCUT2D eigenvalue weighted by molar-refractivity contribution is 5.85. The molecule has 1 fully saturated rings. The van der Waals surface area contributed by atoms with Gasteiger partial charge in [-0.3, -0.25) is 0 Å². The first-order chi connectivity index (χ1) is 4.96. The number of hydrogen-bond acceptors (Lipinski definition) is 2. The van der Waals surface area contributed by atoms with E-state index in [9.17, 15) is 5.11 Å². The summed E-state index contributed by atoms with van der Waals surface area (Å²) in [5.74, 6) is 0. The first-order valence-corrected chi connectivity index (χ1v) is 4.39. The van der Waals surface area contributed by atoms with Crippen LogP contribution in [0.3, 0.4) is 0 Å². The predicted molar refractivity (Wildman–Crippen MR) is 53.8 cm³/mol. The summed E-state index contributed by atoms with van der Waals surface area (Å²) < 4.78 is 0. The number of nitrogens with one attached hydrogen (secondary N) is 1. The fourth-order valence-electron chi connectivity index (χ4n) is 1.59. The van der Waals surface area contributed by atoms with E-state index >= 15 is 0 Å². The molecular weight excluding hydrogens is 174 g/mol. The van der Waals surface area contributed by atoms with E-state index in [0.717, 1.165) is 25.9 Å². The lowest BCUT2D eigenvalue weighted by Crippen LogP contribution is -2.50. The molecule has 2 nitrogen and oxygen atoms in total. The molecule has 3 heteroatoms. The SMILES string of the molecule is CC(C)(C)C1(O)CCNCC1.Cl. The molecule has 1 aliphatic rings. The number of hydrogen-bond donors (Lipinski definition) is 2. The lowest BCUT2D eigenvalue weighted by Gasteiger charge is -2.43. The maximum Gasteiger partial charge on any atom is 0.0719 e. The molecule has 0 aromatic rings. The van der Waals surface area contributed by atoms with Crippen molar-refractivity contribution in [2.45, 2.75) is 39.2 Å². The van der Waals surface area contributed by atoms with Gasteiger partial charge in [-0.15, -0.1) is 12.4 Å². The van der Waals surface area contributed by atoms with E-state index < -0.39 is 5.60 Å². The van der Waals surface area contributed by atoms with Crippen molar-refractivity contribution in [3.8, 4) is 0 Å². The molecule has 12 heavy (non-hydrogen) atoms. The predicted octanol–water partition coefficient (Wildman–Crippen LogP) is 1.57. The number of piperidine rings is 1. The summed E-state index contributed by atoms with van der Waals surface area (Å²) in [5.41, 5.74) is -0.423. The van der Waals surface area contributed by atoms with E-state index in [4.69, 9.17) is 0 Å². The molecule has 74 valence electrons. The Hall–Kier alpha value is 0.210. The van der Waals surface area contributed by atoms with Crippen molar-refractivity contribution in [3.63, 3.8) is 0 Å². The smallest absolute Gasteiger partial charge is 0.0719 e. The maximum atomic E-state index is 10.2. The first kappa shape index (κ1) is 12.2. The van der Waals surface area contributed by atoms with Crippen molar-refractivity contribution in [1.29, 1.82) is 0 Å². The zero-order valence-electron chi connectivity index (χ0n) is 8.18. The average Bonchev–Trinajstić information content (AvgIpc) is 1.87. The summed E-state index contributed by atoms with van der Waals surface area (Å²) in [6.45, 7) is 8.23. The quantitative estimate of drug-likeness (QED) is 0.612. The molecule has 0 aliphatic carbocycles. The molecule has 0 amide bonds. The van der Waals surface area contributed by atoms with Gasteiger partial charge >= 0.3 is 0 Å². The van der Waals surface area contributed by atoms with Crippen LogP contribution >= 0.6 is 12.4 Å². The van der Waals surface area contributed by atoms with Crippen LogP contribution in [0.1, 0.15) is 33.6 Å². The van der Waals surface area contributed by atoms with Gasteiger partial charge in [0.05, 0.1) is 5.60 Å². The maximum absolute atomic E-state index is 10.2. The van der Waals surface area contributed by atoms with Crippen LogP contribution in [0.15, 0.2) is 0 Å². The van der Waals surface area contributed by atoms with E-state index in [-0.39, 0.29) is 17.8 Å². The lowest BCUT2D eigenvalue weighted by atomic mass is 9.71. The van der Waals surface area contributed by atoms with Crippen LogP contribution in [0.5, 0.6) is 0 Å². The van der Waals surface area contributed by atoms with Gasteiger partial charge in [0, 0.05) is 0 Å². The van der Waals surface area contributed by atoms with Gasteiger partial charge in [0.15, 0.2) is 0 Å². The summed E-state index contributed by atoms with van der Waals surface area (Å²) in [5, 5.41) is 13.4. The van der Waals surface area contributed by atoms with Crippen molar-refractivity contribution in [3.05, 3.63) is 0 Å². The third-order valence-electron chi connectivity index (χ3n) is 2.83. The van der Waals surface area contributed by atoms with Crippen LogP contribution in [0.4, 0.5) is 0 Å². The molecule has 0 saturated carbocycles. The van der Waals surface area contributed by atoms with E-state index in [1.165, 1.54) is 0 Å². The molecular formula is C9H20ClNO. The van der Waals surface area contributed by atoms with Gasteiger partial charge in [0.2, 0.25) is 0 Å². The largest absolute Gasteiger partial charge is 0.389 e. The Kier molecular flexibility index (Phi) is 4.01. The van der Waals surface area contributed by atoms with Gasteiger partial charge in [-0.25, -0.2) is 0 Å². The summed E-state index contributed by atoms with van der Waals surface area (Å²) in [6, 6.07) is 0. The number of rotatable bonds is 0. The second-order valence-corrected chi connectivity index (χ2v) is 4.53. The van der Waals surface area contributed by atoms with Crippen LogP contribution in [0.25, 0.3) is 0 Å². The second kappa shape index (κ2) is 3.95. The van der Waals surface area contributed by atoms with Crippen LogP contribution in [0, 0.1) is 5.41 Å². The van der Waals surface area contributed by atoms with E-state index in [1.807, 2.05) is 0 Å². The number of aliphatic hydroxyl groups is 1. The van der Waals surface area contributed by atoms with Gasteiger partial charge in [-0.2, -0.15) is 0 Å². The summed E-state index contributed by atoms with van der Waals surface area (Å²) in [6.07, 6.45) is 1.77. The Balaban J connectivity index is 0.00000121. The molecule has 0 atom stereocenters. The van der Waals surface area contributed by atoms with Crippen LogP contribution in [-0.4, -0.2) is 23.8 Å².